The number of aliphatic imine (C=N–C) groups is 1. The molecule has 1 aliphatic rings. The van der Waals surface area contributed by atoms with E-state index in [1.807, 2.05) is 7.05 Å². The van der Waals surface area contributed by atoms with E-state index < -0.39 is 0 Å². The third-order valence-corrected chi connectivity index (χ3v) is 4.63. The summed E-state index contributed by atoms with van der Waals surface area (Å²) in [5, 5.41) is 3.52. The van der Waals surface area contributed by atoms with Crippen molar-refractivity contribution < 1.29 is 4.74 Å². The van der Waals surface area contributed by atoms with Crippen LogP contribution in [0.25, 0.3) is 0 Å². The highest BCUT2D eigenvalue weighted by Crippen LogP contribution is 2.19. The average molecular weight is 332 g/mol. The fraction of sp³-hybridized carbons (Fsp3) is 0.632. The van der Waals surface area contributed by atoms with E-state index in [0.717, 1.165) is 38.8 Å². The first-order valence-electron chi connectivity index (χ1n) is 8.85. The molecule has 1 aromatic carbocycles. The highest BCUT2D eigenvalue weighted by Gasteiger charge is 2.24. The van der Waals surface area contributed by atoms with Crippen molar-refractivity contribution in [2.24, 2.45) is 10.9 Å². The Morgan fingerprint density at radius 1 is 1.42 bits per heavy atom. The number of anilines is 1. The number of guanidine groups is 1. The molecule has 5 heteroatoms. The van der Waals surface area contributed by atoms with Gasteiger partial charge in [0.1, 0.15) is 0 Å². The molecule has 1 atom stereocenters. The van der Waals surface area contributed by atoms with E-state index >= 15 is 0 Å². The Labute approximate surface area is 146 Å². The Bertz CT molecular complexity index is 556. The molecular formula is C19H32N4O. The minimum absolute atomic E-state index is 0.615. The molecule has 0 saturated carbocycles. The number of rotatable bonds is 6. The van der Waals surface area contributed by atoms with Gasteiger partial charge in [0, 0.05) is 59.0 Å². The minimum atomic E-state index is 0.615. The maximum Gasteiger partial charge on any atom is 0.193 e. The maximum absolute atomic E-state index is 5.56. The van der Waals surface area contributed by atoms with Crippen molar-refractivity contribution in [3.8, 4) is 0 Å². The van der Waals surface area contributed by atoms with E-state index in [4.69, 9.17) is 4.74 Å². The first-order valence-corrected chi connectivity index (χ1v) is 8.85. The fourth-order valence-electron chi connectivity index (χ4n) is 3.11. The topological polar surface area (TPSA) is 40.1 Å². The Morgan fingerprint density at radius 3 is 2.83 bits per heavy atom. The molecule has 1 unspecified atom stereocenters. The van der Waals surface area contributed by atoms with Crippen LogP contribution in [0.3, 0.4) is 0 Å². The van der Waals surface area contributed by atoms with E-state index in [0.29, 0.717) is 5.92 Å². The molecule has 1 fully saturated rings. The molecule has 0 aliphatic carbocycles. The van der Waals surface area contributed by atoms with Gasteiger partial charge >= 0.3 is 0 Å². The molecule has 1 aliphatic heterocycles. The number of ether oxygens (including phenoxy) is 1. The van der Waals surface area contributed by atoms with E-state index in [2.05, 4.69) is 66.3 Å². The summed E-state index contributed by atoms with van der Waals surface area (Å²) in [5.41, 5.74) is 3.85. The third kappa shape index (κ3) is 4.87. The van der Waals surface area contributed by atoms with Gasteiger partial charge in [-0.2, -0.15) is 0 Å². The summed E-state index contributed by atoms with van der Waals surface area (Å²) in [6, 6.07) is 6.60. The molecule has 0 aromatic heterocycles. The second-order valence-electron chi connectivity index (χ2n) is 6.67. The zero-order chi connectivity index (χ0) is 17.5. The molecule has 0 radical (unpaired) electrons. The van der Waals surface area contributed by atoms with Gasteiger partial charge in [0.15, 0.2) is 5.96 Å². The Hall–Kier alpha value is -1.75. The zero-order valence-electron chi connectivity index (χ0n) is 15.8. The summed E-state index contributed by atoms with van der Waals surface area (Å²) in [5.74, 6) is 1.61. The molecule has 134 valence electrons. The van der Waals surface area contributed by atoms with Crippen LogP contribution in [0.5, 0.6) is 0 Å². The van der Waals surface area contributed by atoms with Crippen molar-refractivity contribution in [1.29, 1.82) is 0 Å². The van der Waals surface area contributed by atoms with E-state index in [1.165, 1.54) is 23.2 Å². The molecule has 24 heavy (non-hydrogen) atoms. The lowest BCUT2D eigenvalue weighted by Crippen LogP contribution is -2.40. The smallest absolute Gasteiger partial charge is 0.193 e. The van der Waals surface area contributed by atoms with Crippen molar-refractivity contribution in [3.63, 3.8) is 0 Å². The van der Waals surface area contributed by atoms with Crippen molar-refractivity contribution in [1.82, 2.24) is 10.2 Å². The van der Waals surface area contributed by atoms with E-state index in [-0.39, 0.29) is 0 Å². The molecule has 2 rings (SSSR count). The number of hydrogen-bond donors (Lipinski definition) is 1. The van der Waals surface area contributed by atoms with Crippen molar-refractivity contribution in [3.05, 3.63) is 29.3 Å². The fourth-order valence-corrected chi connectivity index (χ4v) is 3.11. The van der Waals surface area contributed by atoms with E-state index in [1.54, 1.807) is 0 Å². The van der Waals surface area contributed by atoms with Crippen molar-refractivity contribution >= 4 is 11.6 Å². The summed E-state index contributed by atoms with van der Waals surface area (Å²) in [7, 11) is 6.00. The van der Waals surface area contributed by atoms with E-state index in [9.17, 15) is 0 Å². The molecule has 1 heterocycles. The Morgan fingerprint density at radius 2 is 2.21 bits per heavy atom. The maximum atomic E-state index is 5.56. The first kappa shape index (κ1) is 18.6. The Balaban J connectivity index is 1.90. The van der Waals surface area contributed by atoms with Crippen molar-refractivity contribution in [2.45, 2.75) is 26.8 Å². The number of nitrogens with zero attached hydrogens (tertiary/aromatic N) is 3. The molecule has 0 spiro atoms. The van der Waals surface area contributed by atoms with Gasteiger partial charge in [-0.1, -0.05) is 6.07 Å². The lowest BCUT2D eigenvalue weighted by Gasteiger charge is -2.22. The van der Waals surface area contributed by atoms with Crippen molar-refractivity contribution in [2.75, 3.05) is 52.3 Å². The summed E-state index contributed by atoms with van der Waals surface area (Å²) >= 11 is 0. The predicted octanol–water partition coefficient (Wildman–Crippen LogP) is 2.49. The minimum Gasteiger partial charge on any atom is -0.381 e. The highest BCUT2D eigenvalue weighted by atomic mass is 16.5. The molecule has 1 saturated heterocycles. The number of hydrogen-bond acceptors (Lipinski definition) is 3. The van der Waals surface area contributed by atoms with Gasteiger partial charge in [-0.05, 0) is 43.5 Å². The summed E-state index contributed by atoms with van der Waals surface area (Å²) in [4.78, 5) is 8.93. The SMILES string of the molecule is CCOCC1CCN(C(=NC)NCc2ccc(N(C)C)cc2C)C1. The van der Waals surface area contributed by atoms with Gasteiger partial charge in [-0.15, -0.1) is 0 Å². The Kier molecular flexibility index (Phi) is 6.91. The predicted molar refractivity (Wildman–Crippen MR) is 102 cm³/mol. The van der Waals surface area contributed by atoms with Crippen LogP contribution in [0.15, 0.2) is 23.2 Å². The number of nitrogens with one attached hydrogen (secondary N) is 1. The van der Waals surface area contributed by atoms with Gasteiger partial charge in [0.2, 0.25) is 0 Å². The summed E-state index contributed by atoms with van der Waals surface area (Å²) in [6.45, 7) is 8.76. The van der Waals surface area contributed by atoms with Gasteiger partial charge in [-0.25, -0.2) is 0 Å². The van der Waals surface area contributed by atoms with Crippen LogP contribution in [-0.2, 0) is 11.3 Å². The number of benzene rings is 1. The molecule has 1 aromatic rings. The second kappa shape index (κ2) is 8.92. The van der Waals surface area contributed by atoms with Crippen LogP contribution >= 0.6 is 0 Å². The normalized spacial score (nSPS) is 18.1. The van der Waals surface area contributed by atoms with Gasteiger partial charge in [0.05, 0.1) is 6.61 Å². The van der Waals surface area contributed by atoms with Crippen LogP contribution in [0.1, 0.15) is 24.5 Å². The quantitative estimate of drug-likeness (QED) is 0.642. The number of likely N-dealkylation sites (tertiary alicyclic amines) is 1. The van der Waals surface area contributed by atoms with Gasteiger partial charge in [0.25, 0.3) is 0 Å². The second-order valence-corrected chi connectivity index (χ2v) is 6.67. The van der Waals surface area contributed by atoms with Gasteiger partial charge in [-0.3, -0.25) is 4.99 Å². The van der Waals surface area contributed by atoms with Gasteiger partial charge < -0.3 is 19.9 Å². The number of aryl methyl sites for hydroxylation is 1. The zero-order valence-corrected chi connectivity index (χ0v) is 15.8. The third-order valence-electron chi connectivity index (χ3n) is 4.63. The standard InChI is InChI=1S/C19H32N4O/c1-6-24-14-16-9-10-23(13-16)19(20-3)21-12-17-7-8-18(22(4)5)11-15(17)2/h7-8,11,16H,6,9-10,12-14H2,1-5H3,(H,20,21). The highest BCUT2D eigenvalue weighted by molar-refractivity contribution is 5.80. The molecule has 0 bridgehead atoms. The average Bonchev–Trinajstić information content (AvgIpc) is 3.03. The van der Waals surface area contributed by atoms with Crippen LogP contribution in [0.2, 0.25) is 0 Å². The lowest BCUT2D eigenvalue weighted by atomic mass is 10.1. The largest absolute Gasteiger partial charge is 0.381 e. The molecule has 1 N–H and O–H groups in total. The molecular weight excluding hydrogens is 300 g/mol. The monoisotopic (exact) mass is 332 g/mol. The first-order chi connectivity index (χ1) is 11.5. The van der Waals surface area contributed by atoms with Crippen LogP contribution in [-0.4, -0.2) is 58.3 Å². The van der Waals surface area contributed by atoms with Crippen LogP contribution < -0.4 is 10.2 Å². The molecule has 0 amide bonds. The lowest BCUT2D eigenvalue weighted by molar-refractivity contribution is 0.114. The van der Waals surface area contributed by atoms with Crippen LogP contribution in [0.4, 0.5) is 5.69 Å². The summed E-state index contributed by atoms with van der Waals surface area (Å²) in [6.07, 6.45) is 1.18. The van der Waals surface area contributed by atoms with Crippen LogP contribution in [0, 0.1) is 12.8 Å². The summed E-state index contributed by atoms with van der Waals surface area (Å²) < 4.78 is 5.56. The molecule has 5 nitrogen and oxygen atoms in total.